The standard InChI is InChI=1S/C29H37ClN2O4/c1-19(2)36-29(4,5)17-16-24-26(25(33)15-12-21-10-13-23(14-11-21)27(34)35)32(28(30)31-24)18-22-8-6-20(3)7-9-22/h6-9,19,21,23H,10-15,18H2,1-5H3,(H,34,35). The minimum atomic E-state index is -0.716. The summed E-state index contributed by atoms with van der Waals surface area (Å²) in [7, 11) is 0. The Morgan fingerprint density at radius 3 is 2.42 bits per heavy atom. The van der Waals surface area contributed by atoms with Crippen LogP contribution in [-0.2, 0) is 16.1 Å². The molecule has 1 N–H and O–H groups in total. The number of carbonyl (C=O) groups excluding carboxylic acids is 1. The van der Waals surface area contributed by atoms with E-state index in [9.17, 15) is 14.7 Å². The molecule has 0 spiro atoms. The summed E-state index contributed by atoms with van der Waals surface area (Å²) in [5.41, 5.74) is 2.26. The Morgan fingerprint density at radius 1 is 1.19 bits per heavy atom. The largest absolute Gasteiger partial charge is 0.481 e. The number of ketones is 1. The number of benzene rings is 1. The van der Waals surface area contributed by atoms with E-state index in [1.807, 2.05) is 58.9 Å². The molecule has 0 bridgehead atoms. The first-order valence-corrected chi connectivity index (χ1v) is 13.1. The van der Waals surface area contributed by atoms with Gasteiger partial charge in [-0.2, -0.15) is 0 Å². The number of hydrogen-bond acceptors (Lipinski definition) is 4. The van der Waals surface area contributed by atoms with E-state index in [1.54, 1.807) is 4.57 Å². The number of rotatable bonds is 9. The van der Waals surface area contributed by atoms with Crippen molar-refractivity contribution >= 4 is 23.4 Å². The molecule has 2 aromatic rings. The number of imidazole rings is 1. The number of aromatic nitrogens is 2. The van der Waals surface area contributed by atoms with Crippen LogP contribution >= 0.6 is 11.6 Å². The zero-order valence-electron chi connectivity index (χ0n) is 21.9. The number of hydrogen-bond donors (Lipinski definition) is 1. The lowest BCUT2D eigenvalue weighted by Crippen LogP contribution is -2.26. The predicted molar refractivity (Wildman–Crippen MR) is 141 cm³/mol. The van der Waals surface area contributed by atoms with Gasteiger partial charge in [0, 0.05) is 6.42 Å². The zero-order chi connectivity index (χ0) is 26.5. The smallest absolute Gasteiger partial charge is 0.306 e. The van der Waals surface area contributed by atoms with Crippen molar-refractivity contribution < 1.29 is 19.4 Å². The quantitative estimate of drug-likeness (QED) is 0.315. The van der Waals surface area contributed by atoms with Crippen molar-refractivity contribution in [1.82, 2.24) is 9.55 Å². The second kappa shape index (κ2) is 12.1. The number of ether oxygens (including phenoxy) is 1. The van der Waals surface area contributed by atoms with E-state index >= 15 is 0 Å². The summed E-state index contributed by atoms with van der Waals surface area (Å²) < 4.78 is 7.63. The fraction of sp³-hybridized carbons (Fsp3) is 0.552. The van der Waals surface area contributed by atoms with E-state index in [2.05, 4.69) is 16.8 Å². The van der Waals surface area contributed by atoms with E-state index in [0.29, 0.717) is 49.5 Å². The summed E-state index contributed by atoms with van der Waals surface area (Å²) >= 11 is 6.55. The van der Waals surface area contributed by atoms with Gasteiger partial charge in [0.1, 0.15) is 17.0 Å². The Balaban J connectivity index is 1.85. The van der Waals surface area contributed by atoms with Crippen molar-refractivity contribution in [2.24, 2.45) is 11.8 Å². The van der Waals surface area contributed by atoms with E-state index in [1.165, 1.54) is 0 Å². The molecule has 1 fully saturated rings. The normalized spacial score (nSPS) is 18.1. The first kappa shape index (κ1) is 28.0. The van der Waals surface area contributed by atoms with E-state index in [0.717, 1.165) is 24.0 Å². The van der Waals surface area contributed by atoms with Crippen LogP contribution in [0.2, 0.25) is 5.28 Å². The van der Waals surface area contributed by atoms with E-state index in [4.69, 9.17) is 16.3 Å². The molecule has 36 heavy (non-hydrogen) atoms. The van der Waals surface area contributed by atoms with Crippen LogP contribution in [0.3, 0.4) is 0 Å². The lowest BCUT2D eigenvalue weighted by atomic mass is 9.79. The molecule has 3 rings (SSSR count). The number of nitrogens with zero attached hydrogens (tertiary/aromatic N) is 2. The van der Waals surface area contributed by atoms with Gasteiger partial charge in [-0.25, -0.2) is 4.98 Å². The van der Waals surface area contributed by atoms with Crippen LogP contribution in [0.25, 0.3) is 0 Å². The van der Waals surface area contributed by atoms with Crippen molar-refractivity contribution in [2.45, 2.75) is 91.4 Å². The Labute approximate surface area is 219 Å². The third-order valence-corrected chi connectivity index (χ3v) is 6.92. The van der Waals surface area contributed by atoms with Gasteiger partial charge in [-0.3, -0.25) is 9.59 Å². The molecule has 0 aliphatic heterocycles. The summed E-state index contributed by atoms with van der Waals surface area (Å²) in [6, 6.07) is 8.10. The minimum absolute atomic E-state index is 0.00861. The number of Topliss-reactive ketones (excluding diaryl/α,β-unsaturated/α-hetero) is 1. The Morgan fingerprint density at radius 2 is 1.83 bits per heavy atom. The van der Waals surface area contributed by atoms with Crippen LogP contribution in [0.5, 0.6) is 0 Å². The van der Waals surface area contributed by atoms with Crippen LogP contribution in [0.15, 0.2) is 24.3 Å². The lowest BCUT2D eigenvalue weighted by Gasteiger charge is -2.25. The molecule has 0 amide bonds. The number of carboxylic acids is 1. The summed E-state index contributed by atoms with van der Waals surface area (Å²) in [5, 5.41) is 9.48. The third kappa shape index (κ3) is 7.69. The molecule has 0 atom stereocenters. The summed E-state index contributed by atoms with van der Waals surface area (Å²) in [6.45, 7) is 10.1. The molecule has 1 aromatic heterocycles. The van der Waals surface area contributed by atoms with Gasteiger partial charge >= 0.3 is 5.97 Å². The van der Waals surface area contributed by atoms with Gasteiger partial charge in [-0.05, 0) is 95.7 Å². The summed E-state index contributed by atoms with van der Waals surface area (Å²) in [6.07, 6.45) is 4.09. The third-order valence-electron chi connectivity index (χ3n) is 6.63. The Bertz CT molecular complexity index is 1130. The summed E-state index contributed by atoms with van der Waals surface area (Å²) in [4.78, 5) is 29.3. The maximum absolute atomic E-state index is 13.5. The van der Waals surface area contributed by atoms with Crippen molar-refractivity contribution in [2.75, 3.05) is 0 Å². The van der Waals surface area contributed by atoms with E-state index in [-0.39, 0.29) is 23.1 Å². The molecular formula is C29H37ClN2O4. The highest BCUT2D eigenvalue weighted by molar-refractivity contribution is 6.29. The van der Waals surface area contributed by atoms with Crippen molar-refractivity contribution in [3.8, 4) is 11.8 Å². The Hall–Kier alpha value is -2.62. The Kier molecular flexibility index (Phi) is 9.38. The molecule has 1 saturated carbocycles. The second-order valence-electron chi connectivity index (χ2n) is 10.6. The molecule has 194 valence electrons. The molecule has 0 radical (unpaired) electrons. The lowest BCUT2D eigenvalue weighted by molar-refractivity contribution is -0.143. The van der Waals surface area contributed by atoms with Crippen LogP contribution in [0, 0.1) is 30.6 Å². The topological polar surface area (TPSA) is 81.4 Å². The molecule has 1 aliphatic rings. The molecule has 0 unspecified atom stereocenters. The average Bonchev–Trinajstić information content (AvgIpc) is 3.12. The fourth-order valence-electron chi connectivity index (χ4n) is 4.80. The maximum atomic E-state index is 13.5. The van der Waals surface area contributed by atoms with Crippen molar-refractivity contribution in [3.05, 3.63) is 52.1 Å². The zero-order valence-corrected chi connectivity index (χ0v) is 22.7. The van der Waals surface area contributed by atoms with Gasteiger partial charge in [0.15, 0.2) is 5.78 Å². The van der Waals surface area contributed by atoms with Crippen LogP contribution in [0.4, 0.5) is 0 Å². The molecular weight excluding hydrogens is 476 g/mol. The van der Waals surface area contributed by atoms with Gasteiger partial charge in [-0.1, -0.05) is 35.7 Å². The first-order valence-electron chi connectivity index (χ1n) is 12.7. The van der Waals surface area contributed by atoms with Gasteiger partial charge < -0.3 is 14.4 Å². The van der Waals surface area contributed by atoms with Crippen molar-refractivity contribution in [3.63, 3.8) is 0 Å². The van der Waals surface area contributed by atoms with Gasteiger partial charge in [0.2, 0.25) is 5.28 Å². The van der Waals surface area contributed by atoms with E-state index < -0.39 is 11.6 Å². The molecule has 1 aliphatic carbocycles. The number of carbonyl (C=O) groups is 2. The van der Waals surface area contributed by atoms with Crippen LogP contribution in [0.1, 0.15) is 93.5 Å². The SMILES string of the molecule is Cc1ccc(Cn2c(Cl)nc(C#CC(C)(C)OC(C)C)c2C(=O)CCC2CCC(C(=O)O)CC2)cc1. The minimum Gasteiger partial charge on any atom is -0.481 e. The number of aryl methyl sites for hydroxylation is 1. The molecule has 6 nitrogen and oxygen atoms in total. The average molecular weight is 513 g/mol. The fourth-order valence-corrected chi connectivity index (χ4v) is 5.02. The highest BCUT2D eigenvalue weighted by Gasteiger charge is 2.28. The van der Waals surface area contributed by atoms with Gasteiger partial charge in [0.25, 0.3) is 0 Å². The van der Waals surface area contributed by atoms with Crippen molar-refractivity contribution in [1.29, 1.82) is 0 Å². The second-order valence-corrected chi connectivity index (χ2v) is 10.9. The number of carboxylic acid groups (broad SMARTS) is 1. The van der Waals surface area contributed by atoms with Crippen LogP contribution < -0.4 is 0 Å². The molecule has 1 heterocycles. The first-order chi connectivity index (χ1) is 16.9. The monoisotopic (exact) mass is 512 g/mol. The molecule has 7 heteroatoms. The number of halogens is 1. The van der Waals surface area contributed by atoms with Gasteiger partial charge in [-0.15, -0.1) is 0 Å². The molecule has 1 aromatic carbocycles. The molecule has 0 saturated heterocycles. The van der Waals surface area contributed by atoms with Crippen LogP contribution in [-0.4, -0.2) is 38.1 Å². The number of aliphatic carboxylic acids is 1. The van der Waals surface area contributed by atoms with Gasteiger partial charge in [0.05, 0.1) is 18.6 Å². The maximum Gasteiger partial charge on any atom is 0.306 e. The highest BCUT2D eigenvalue weighted by Crippen LogP contribution is 2.32. The highest BCUT2D eigenvalue weighted by atomic mass is 35.5. The predicted octanol–water partition coefficient (Wildman–Crippen LogP) is 6.30. The summed E-state index contributed by atoms with van der Waals surface area (Å²) in [5.74, 6) is 5.52.